The molecule has 0 saturated carbocycles. The third-order valence-electron chi connectivity index (χ3n) is 4.87. The Morgan fingerprint density at radius 1 is 1.07 bits per heavy atom. The molecule has 1 aliphatic heterocycles. The first-order chi connectivity index (χ1) is 13.7. The summed E-state index contributed by atoms with van der Waals surface area (Å²) in [6.07, 6.45) is 2.52. The van der Waals surface area contributed by atoms with E-state index in [-0.39, 0.29) is 12.0 Å². The Balaban J connectivity index is 1.55. The van der Waals surface area contributed by atoms with E-state index >= 15 is 0 Å². The molecule has 0 radical (unpaired) electrons. The van der Waals surface area contributed by atoms with Gasteiger partial charge >= 0.3 is 0 Å². The van der Waals surface area contributed by atoms with Gasteiger partial charge in [0.15, 0.2) is 0 Å². The zero-order chi connectivity index (χ0) is 19.8. The van der Waals surface area contributed by atoms with Crippen LogP contribution in [-0.4, -0.2) is 52.5 Å². The van der Waals surface area contributed by atoms with Crippen LogP contribution >= 0.6 is 0 Å². The number of amides is 1. The molecule has 0 aliphatic carbocycles. The molecule has 6 heteroatoms. The molecule has 1 saturated heterocycles. The highest BCUT2D eigenvalue weighted by atomic mass is 16.5. The number of nitrogens with one attached hydrogen (secondary N) is 1. The predicted octanol–water partition coefficient (Wildman–Crippen LogP) is 3.58. The maximum absolute atomic E-state index is 12.5. The minimum atomic E-state index is -0.145. The molecule has 1 aliphatic rings. The predicted molar refractivity (Wildman–Crippen MR) is 110 cm³/mol. The molecule has 3 rings (SSSR count). The minimum Gasteiger partial charge on any atom is -0.491 e. The topological polar surface area (TPSA) is 60.0 Å². The van der Waals surface area contributed by atoms with Crippen molar-refractivity contribution in [3.63, 3.8) is 0 Å². The number of nitrogens with zero attached hydrogens (tertiary/aromatic N) is 1. The summed E-state index contributed by atoms with van der Waals surface area (Å²) in [5, 5.41) is 2.94. The van der Waals surface area contributed by atoms with Gasteiger partial charge < -0.3 is 24.4 Å². The fourth-order valence-electron chi connectivity index (χ4n) is 3.27. The van der Waals surface area contributed by atoms with Crippen LogP contribution in [0, 0.1) is 0 Å². The molecule has 2 aromatic carbocycles. The zero-order valence-corrected chi connectivity index (χ0v) is 16.5. The van der Waals surface area contributed by atoms with Crippen molar-refractivity contribution in [2.24, 2.45) is 0 Å². The van der Waals surface area contributed by atoms with Crippen molar-refractivity contribution in [3.05, 3.63) is 54.1 Å². The van der Waals surface area contributed by atoms with Crippen molar-refractivity contribution in [2.75, 3.05) is 50.7 Å². The SMILES string of the molecule is COCCOc1ccc(C(=O)Nc2ccc(N3CCCC(OC)C3)cc2)cc1. The van der Waals surface area contributed by atoms with Gasteiger partial charge in [0, 0.05) is 44.2 Å². The molecular formula is C22H28N2O4. The fraction of sp³-hybridized carbons (Fsp3) is 0.409. The van der Waals surface area contributed by atoms with Gasteiger partial charge in [0.25, 0.3) is 5.91 Å². The Labute approximate surface area is 166 Å². The van der Waals surface area contributed by atoms with E-state index in [1.165, 1.54) is 0 Å². The van der Waals surface area contributed by atoms with Crippen molar-refractivity contribution < 1.29 is 19.0 Å². The molecule has 2 aromatic rings. The van der Waals surface area contributed by atoms with Gasteiger partial charge in [0.2, 0.25) is 0 Å². The highest BCUT2D eigenvalue weighted by Crippen LogP contribution is 2.23. The van der Waals surface area contributed by atoms with E-state index in [0.717, 1.165) is 37.3 Å². The second-order valence-corrected chi connectivity index (χ2v) is 6.81. The number of hydrogen-bond donors (Lipinski definition) is 1. The van der Waals surface area contributed by atoms with Crippen molar-refractivity contribution >= 4 is 17.3 Å². The van der Waals surface area contributed by atoms with Crippen LogP contribution in [0.3, 0.4) is 0 Å². The summed E-state index contributed by atoms with van der Waals surface area (Å²) >= 11 is 0. The molecule has 150 valence electrons. The lowest BCUT2D eigenvalue weighted by atomic mass is 10.1. The van der Waals surface area contributed by atoms with E-state index in [9.17, 15) is 4.79 Å². The Morgan fingerprint density at radius 3 is 2.50 bits per heavy atom. The van der Waals surface area contributed by atoms with Crippen molar-refractivity contribution in [1.29, 1.82) is 0 Å². The highest BCUT2D eigenvalue weighted by molar-refractivity contribution is 6.04. The minimum absolute atomic E-state index is 0.145. The van der Waals surface area contributed by atoms with Crippen LogP contribution < -0.4 is 15.0 Å². The lowest BCUT2D eigenvalue weighted by molar-refractivity contribution is 0.0893. The first-order valence-electron chi connectivity index (χ1n) is 9.60. The number of ether oxygens (including phenoxy) is 3. The van der Waals surface area contributed by atoms with E-state index in [1.807, 2.05) is 24.3 Å². The normalized spacial score (nSPS) is 16.6. The molecule has 1 amide bonds. The summed E-state index contributed by atoms with van der Waals surface area (Å²) in [6.45, 7) is 2.95. The average Bonchev–Trinajstić information content (AvgIpc) is 2.75. The van der Waals surface area contributed by atoms with Gasteiger partial charge in [-0.3, -0.25) is 4.79 Å². The standard InChI is InChI=1S/C22H28N2O4/c1-26-14-15-28-20-11-5-17(6-12-20)22(25)23-18-7-9-19(10-8-18)24-13-3-4-21(16-24)27-2/h5-12,21H,3-4,13-16H2,1-2H3,(H,23,25). The highest BCUT2D eigenvalue weighted by Gasteiger charge is 2.19. The average molecular weight is 384 g/mol. The smallest absolute Gasteiger partial charge is 0.255 e. The van der Waals surface area contributed by atoms with Gasteiger partial charge in [-0.25, -0.2) is 0 Å². The van der Waals surface area contributed by atoms with Crippen molar-refractivity contribution in [3.8, 4) is 5.75 Å². The Hall–Kier alpha value is -2.57. The van der Waals surface area contributed by atoms with Crippen LogP contribution in [0.5, 0.6) is 5.75 Å². The summed E-state index contributed by atoms with van der Waals surface area (Å²) < 4.78 is 16.0. The zero-order valence-electron chi connectivity index (χ0n) is 16.5. The molecule has 1 atom stereocenters. The number of benzene rings is 2. The molecule has 1 fully saturated rings. The van der Waals surface area contributed by atoms with Gasteiger partial charge in [0.05, 0.1) is 12.7 Å². The number of methoxy groups -OCH3 is 2. The summed E-state index contributed by atoms with van der Waals surface area (Å²) in [6, 6.07) is 15.0. The van der Waals surface area contributed by atoms with E-state index < -0.39 is 0 Å². The van der Waals surface area contributed by atoms with Gasteiger partial charge in [-0.1, -0.05) is 0 Å². The molecule has 1 heterocycles. The van der Waals surface area contributed by atoms with Crippen LogP contribution in [0.25, 0.3) is 0 Å². The lowest BCUT2D eigenvalue weighted by Crippen LogP contribution is -2.39. The molecule has 1 unspecified atom stereocenters. The molecule has 28 heavy (non-hydrogen) atoms. The summed E-state index contributed by atoms with van der Waals surface area (Å²) in [4.78, 5) is 14.8. The molecule has 0 spiro atoms. The van der Waals surface area contributed by atoms with Crippen molar-refractivity contribution in [1.82, 2.24) is 0 Å². The Bertz CT molecular complexity index is 746. The number of hydrogen-bond acceptors (Lipinski definition) is 5. The molecule has 0 bridgehead atoms. The van der Waals surface area contributed by atoms with E-state index in [0.29, 0.717) is 24.5 Å². The Morgan fingerprint density at radius 2 is 1.82 bits per heavy atom. The van der Waals surface area contributed by atoms with Crippen LogP contribution in [0.1, 0.15) is 23.2 Å². The number of piperidine rings is 1. The van der Waals surface area contributed by atoms with Gasteiger partial charge in [-0.05, 0) is 61.4 Å². The fourth-order valence-corrected chi connectivity index (χ4v) is 3.27. The number of rotatable bonds is 8. The van der Waals surface area contributed by atoms with Gasteiger partial charge in [-0.2, -0.15) is 0 Å². The number of carbonyl (C=O) groups excluding carboxylic acids is 1. The quantitative estimate of drug-likeness (QED) is 0.705. The summed E-state index contributed by atoms with van der Waals surface area (Å²) in [7, 11) is 3.40. The largest absolute Gasteiger partial charge is 0.491 e. The molecular weight excluding hydrogens is 356 g/mol. The summed E-state index contributed by atoms with van der Waals surface area (Å²) in [5.41, 5.74) is 2.51. The van der Waals surface area contributed by atoms with E-state index in [2.05, 4.69) is 10.2 Å². The van der Waals surface area contributed by atoms with Crippen LogP contribution in [0.15, 0.2) is 48.5 Å². The maximum Gasteiger partial charge on any atom is 0.255 e. The Kier molecular flexibility index (Phi) is 7.28. The lowest BCUT2D eigenvalue weighted by Gasteiger charge is -2.33. The third kappa shape index (κ3) is 5.47. The van der Waals surface area contributed by atoms with Crippen LogP contribution in [0.4, 0.5) is 11.4 Å². The van der Waals surface area contributed by atoms with E-state index in [4.69, 9.17) is 14.2 Å². The number of anilines is 2. The van der Waals surface area contributed by atoms with Crippen LogP contribution in [0.2, 0.25) is 0 Å². The molecule has 0 aromatic heterocycles. The summed E-state index contributed by atoms with van der Waals surface area (Å²) in [5.74, 6) is 0.572. The number of carbonyl (C=O) groups is 1. The maximum atomic E-state index is 12.5. The monoisotopic (exact) mass is 384 g/mol. The first-order valence-corrected chi connectivity index (χ1v) is 9.60. The van der Waals surface area contributed by atoms with Gasteiger partial charge in [0.1, 0.15) is 12.4 Å². The van der Waals surface area contributed by atoms with E-state index in [1.54, 1.807) is 38.5 Å². The molecule has 1 N–H and O–H groups in total. The first kappa shape index (κ1) is 20.2. The second-order valence-electron chi connectivity index (χ2n) is 6.81. The van der Waals surface area contributed by atoms with Gasteiger partial charge in [-0.15, -0.1) is 0 Å². The van der Waals surface area contributed by atoms with Crippen molar-refractivity contribution in [2.45, 2.75) is 18.9 Å². The second kappa shape index (κ2) is 10.1. The van der Waals surface area contributed by atoms with Crippen LogP contribution in [-0.2, 0) is 9.47 Å². The molecule has 6 nitrogen and oxygen atoms in total. The third-order valence-corrected chi connectivity index (χ3v) is 4.87.